The van der Waals surface area contributed by atoms with Crippen molar-refractivity contribution in [3.63, 3.8) is 0 Å². The van der Waals surface area contributed by atoms with Gasteiger partial charge in [-0.05, 0) is 67.9 Å². The lowest BCUT2D eigenvalue weighted by Crippen LogP contribution is -2.54. The summed E-state index contributed by atoms with van der Waals surface area (Å²) in [6.07, 6.45) is 8.17. The highest BCUT2D eigenvalue weighted by atomic mass is 79.9. The Morgan fingerprint density at radius 1 is 1.15 bits per heavy atom. The molecular formula is C21H26BrNO3. The summed E-state index contributed by atoms with van der Waals surface area (Å²) in [7, 11) is 0. The molecule has 4 fully saturated rings. The van der Waals surface area contributed by atoms with Crippen molar-refractivity contribution in [2.24, 2.45) is 17.3 Å². The third kappa shape index (κ3) is 3.12. The van der Waals surface area contributed by atoms with Crippen molar-refractivity contribution in [2.45, 2.75) is 55.4 Å². The van der Waals surface area contributed by atoms with Crippen LogP contribution in [0.3, 0.4) is 0 Å². The summed E-state index contributed by atoms with van der Waals surface area (Å²) >= 11 is 4.03. The van der Waals surface area contributed by atoms with Gasteiger partial charge in [-0.3, -0.25) is 4.79 Å². The molecule has 1 amide bonds. The Balaban J connectivity index is 1.17. The van der Waals surface area contributed by atoms with Crippen LogP contribution in [0.15, 0.2) is 24.3 Å². The normalized spacial score (nSPS) is 39.7. The van der Waals surface area contributed by atoms with Crippen LogP contribution in [-0.2, 0) is 4.79 Å². The van der Waals surface area contributed by atoms with Crippen molar-refractivity contribution in [1.29, 1.82) is 0 Å². The highest BCUT2D eigenvalue weighted by Gasteiger charge is 2.57. The first-order chi connectivity index (χ1) is 12.5. The van der Waals surface area contributed by atoms with Gasteiger partial charge in [0.05, 0.1) is 6.54 Å². The predicted octanol–water partition coefficient (Wildman–Crippen LogP) is 4.07. The molecule has 1 aromatic carbocycles. The number of para-hydroxylation sites is 2. The molecule has 5 aliphatic rings. The van der Waals surface area contributed by atoms with Crippen molar-refractivity contribution < 1.29 is 14.3 Å². The maximum absolute atomic E-state index is 12.7. The Morgan fingerprint density at radius 3 is 2.62 bits per heavy atom. The van der Waals surface area contributed by atoms with E-state index in [-0.39, 0.29) is 17.4 Å². The molecule has 1 aliphatic heterocycles. The van der Waals surface area contributed by atoms with Crippen LogP contribution in [0.4, 0.5) is 0 Å². The highest BCUT2D eigenvalue weighted by molar-refractivity contribution is 9.10. The second kappa shape index (κ2) is 6.15. The number of hydrogen-bond acceptors (Lipinski definition) is 3. The van der Waals surface area contributed by atoms with Crippen LogP contribution in [0.25, 0.3) is 0 Å². The molecule has 1 heterocycles. The summed E-state index contributed by atoms with van der Waals surface area (Å²) < 4.78 is 12.0. The van der Waals surface area contributed by atoms with Gasteiger partial charge in [0.15, 0.2) is 11.5 Å². The van der Waals surface area contributed by atoms with E-state index in [9.17, 15) is 4.79 Å². The topological polar surface area (TPSA) is 47.6 Å². The van der Waals surface area contributed by atoms with Crippen LogP contribution in [0.1, 0.15) is 44.9 Å². The summed E-state index contributed by atoms with van der Waals surface area (Å²) in [5.41, 5.74) is 0.216. The average Bonchev–Trinajstić information content (AvgIpc) is 2.57. The van der Waals surface area contributed by atoms with E-state index in [2.05, 4.69) is 21.2 Å². The molecule has 26 heavy (non-hydrogen) atoms. The van der Waals surface area contributed by atoms with Crippen LogP contribution in [0.2, 0.25) is 0 Å². The number of ether oxygens (including phenoxy) is 2. The van der Waals surface area contributed by atoms with Crippen LogP contribution in [0, 0.1) is 17.3 Å². The fourth-order valence-corrected chi connectivity index (χ4v) is 7.85. The molecule has 0 radical (unpaired) electrons. The first kappa shape index (κ1) is 16.9. The van der Waals surface area contributed by atoms with E-state index in [1.54, 1.807) is 0 Å². The number of nitrogens with one attached hydrogen (secondary N) is 1. The third-order valence-corrected chi connectivity index (χ3v) is 7.67. The Hall–Kier alpha value is -1.23. The molecule has 4 aliphatic carbocycles. The van der Waals surface area contributed by atoms with Gasteiger partial charge in [-0.25, -0.2) is 0 Å². The molecule has 5 heteroatoms. The minimum absolute atomic E-state index is 0.118. The number of hydrogen-bond donors (Lipinski definition) is 1. The monoisotopic (exact) mass is 419 g/mol. The minimum Gasteiger partial charge on any atom is -0.486 e. The summed E-state index contributed by atoms with van der Waals surface area (Å²) in [4.78, 5) is 12.7. The Kier molecular flexibility index (Phi) is 4.00. The second-order valence-electron chi connectivity index (χ2n) is 9.09. The number of benzene rings is 1. The highest BCUT2D eigenvalue weighted by Crippen LogP contribution is 2.65. The van der Waals surface area contributed by atoms with Crippen molar-refractivity contribution in [1.82, 2.24) is 5.32 Å². The fraction of sp³-hybridized carbons (Fsp3) is 0.667. The molecule has 0 aromatic heterocycles. The molecule has 0 saturated heterocycles. The Bertz CT molecular complexity index is 707. The largest absolute Gasteiger partial charge is 0.486 e. The Morgan fingerprint density at radius 2 is 1.88 bits per heavy atom. The molecule has 4 nitrogen and oxygen atoms in total. The molecule has 2 unspecified atom stereocenters. The standard InChI is InChI=1S/C21H26BrNO3/c22-21-8-14-5-15(9-21)7-20(6-14,13-21)10-19(24)23-11-16-12-25-17-3-1-2-4-18(17)26-16/h1-4,14-16H,5-13H2,(H,23,24)/t14-,15+,16-,20?,21?/m1/s1. The number of rotatable bonds is 4. The van der Waals surface area contributed by atoms with E-state index >= 15 is 0 Å². The molecule has 5 atom stereocenters. The molecule has 140 valence electrons. The van der Waals surface area contributed by atoms with E-state index in [1.807, 2.05) is 24.3 Å². The molecule has 6 rings (SSSR count). The summed E-state index contributed by atoms with van der Waals surface area (Å²) in [5, 5.41) is 3.11. The fourth-order valence-electron chi connectivity index (χ4n) is 6.34. The van der Waals surface area contributed by atoms with Gasteiger partial charge in [0, 0.05) is 10.7 Å². The van der Waals surface area contributed by atoms with Crippen LogP contribution < -0.4 is 14.8 Å². The summed E-state index contributed by atoms with van der Waals surface area (Å²) in [6.45, 7) is 0.993. The summed E-state index contributed by atoms with van der Waals surface area (Å²) in [5.74, 6) is 3.35. The van der Waals surface area contributed by atoms with E-state index < -0.39 is 0 Å². The first-order valence-electron chi connectivity index (χ1n) is 9.85. The number of carbonyl (C=O) groups is 1. The van der Waals surface area contributed by atoms with E-state index in [0.29, 0.717) is 23.9 Å². The predicted molar refractivity (Wildman–Crippen MR) is 103 cm³/mol. The van der Waals surface area contributed by atoms with Gasteiger partial charge in [0.25, 0.3) is 0 Å². The first-order valence-corrected chi connectivity index (χ1v) is 10.6. The number of fused-ring (bicyclic) bond motifs is 1. The van der Waals surface area contributed by atoms with Gasteiger partial charge < -0.3 is 14.8 Å². The van der Waals surface area contributed by atoms with Crippen molar-refractivity contribution in [2.75, 3.05) is 13.2 Å². The van der Waals surface area contributed by atoms with E-state index in [1.165, 1.54) is 32.1 Å². The van der Waals surface area contributed by atoms with E-state index in [0.717, 1.165) is 29.8 Å². The molecular weight excluding hydrogens is 394 g/mol. The SMILES string of the molecule is O=C(CC12C[C@@H]3C[C@@H](CC(Br)(C3)C1)C2)NC[C@@H]1COc2ccccc2O1. The van der Waals surface area contributed by atoms with Gasteiger partial charge in [-0.2, -0.15) is 0 Å². The number of amides is 1. The maximum atomic E-state index is 12.7. The van der Waals surface area contributed by atoms with Crippen LogP contribution in [0.5, 0.6) is 11.5 Å². The maximum Gasteiger partial charge on any atom is 0.220 e. The van der Waals surface area contributed by atoms with Crippen LogP contribution in [-0.4, -0.2) is 29.5 Å². The molecule has 4 bridgehead atoms. The van der Waals surface area contributed by atoms with Crippen molar-refractivity contribution in [3.8, 4) is 11.5 Å². The number of carbonyl (C=O) groups excluding carboxylic acids is 1. The third-order valence-electron chi connectivity index (χ3n) is 6.74. The second-order valence-corrected chi connectivity index (χ2v) is 10.8. The van der Waals surface area contributed by atoms with Gasteiger partial charge in [0.1, 0.15) is 12.7 Å². The molecule has 1 aromatic rings. The van der Waals surface area contributed by atoms with E-state index in [4.69, 9.17) is 9.47 Å². The zero-order valence-corrected chi connectivity index (χ0v) is 16.6. The molecule has 0 spiro atoms. The average molecular weight is 420 g/mol. The number of halogens is 1. The minimum atomic E-state index is -0.118. The van der Waals surface area contributed by atoms with Crippen LogP contribution >= 0.6 is 15.9 Å². The van der Waals surface area contributed by atoms with Gasteiger partial charge in [0.2, 0.25) is 5.91 Å². The zero-order chi connectivity index (χ0) is 17.8. The summed E-state index contributed by atoms with van der Waals surface area (Å²) in [6, 6.07) is 7.69. The van der Waals surface area contributed by atoms with Gasteiger partial charge in [-0.1, -0.05) is 28.1 Å². The lowest BCUT2D eigenvalue weighted by molar-refractivity contribution is -0.128. The lowest BCUT2D eigenvalue weighted by atomic mass is 9.48. The zero-order valence-electron chi connectivity index (χ0n) is 15.0. The smallest absolute Gasteiger partial charge is 0.220 e. The van der Waals surface area contributed by atoms with Crippen molar-refractivity contribution in [3.05, 3.63) is 24.3 Å². The number of alkyl halides is 1. The molecule has 4 saturated carbocycles. The quantitative estimate of drug-likeness (QED) is 0.748. The lowest BCUT2D eigenvalue weighted by Gasteiger charge is -2.60. The van der Waals surface area contributed by atoms with Gasteiger partial charge >= 0.3 is 0 Å². The Labute approximate surface area is 163 Å². The van der Waals surface area contributed by atoms with Gasteiger partial charge in [-0.15, -0.1) is 0 Å². The molecule has 1 N–H and O–H groups in total. The van der Waals surface area contributed by atoms with Crippen molar-refractivity contribution >= 4 is 21.8 Å².